The molecule has 1 aliphatic rings. The van der Waals surface area contributed by atoms with Crippen molar-refractivity contribution in [2.75, 3.05) is 13.2 Å². The number of aromatic amines is 1. The highest BCUT2D eigenvalue weighted by molar-refractivity contribution is 6.06. The first kappa shape index (κ1) is 15.7. The number of rotatable bonds is 6. The number of H-pyrrole nitrogens is 1. The highest BCUT2D eigenvalue weighted by Crippen LogP contribution is 2.21. The molecule has 3 rings (SSSR count). The highest BCUT2D eigenvalue weighted by Gasteiger charge is 2.21. The molecule has 1 saturated carbocycles. The number of carbonyl (C=O) groups excluding carboxylic acids is 1. The maximum atomic E-state index is 12.3. The Bertz CT molecular complexity index is 743. The van der Waals surface area contributed by atoms with Crippen molar-refractivity contribution in [1.29, 1.82) is 0 Å². The Morgan fingerprint density at radius 3 is 3.04 bits per heavy atom. The fourth-order valence-corrected chi connectivity index (χ4v) is 2.99. The summed E-state index contributed by atoms with van der Waals surface area (Å²) in [6.45, 7) is 2.78. The number of furan rings is 1. The Kier molecular flexibility index (Phi) is 4.76. The molecule has 23 heavy (non-hydrogen) atoms. The van der Waals surface area contributed by atoms with E-state index in [0.29, 0.717) is 25.0 Å². The molecular weight excluding hydrogens is 298 g/mol. The van der Waals surface area contributed by atoms with Gasteiger partial charge in [-0.25, -0.2) is 4.98 Å². The number of hydrogen-bond donors (Lipinski definition) is 2. The molecule has 0 unspecified atom stereocenters. The number of nitrogens with zero attached hydrogens (tertiary/aromatic N) is 1. The van der Waals surface area contributed by atoms with Crippen LogP contribution in [0.5, 0.6) is 0 Å². The number of aromatic nitrogens is 2. The minimum absolute atomic E-state index is 0.181. The summed E-state index contributed by atoms with van der Waals surface area (Å²) in [6, 6.07) is 0. The van der Waals surface area contributed by atoms with Crippen molar-refractivity contribution in [2.45, 2.75) is 45.1 Å². The van der Waals surface area contributed by atoms with Gasteiger partial charge in [-0.1, -0.05) is 12.8 Å². The summed E-state index contributed by atoms with van der Waals surface area (Å²) in [5.74, 6) is 0.0736. The van der Waals surface area contributed by atoms with E-state index < -0.39 is 0 Å². The second-order valence-electron chi connectivity index (χ2n) is 5.83. The molecule has 2 aromatic heterocycles. The zero-order valence-corrected chi connectivity index (χ0v) is 13.2. The summed E-state index contributed by atoms with van der Waals surface area (Å²) >= 11 is 0. The van der Waals surface area contributed by atoms with E-state index in [0.717, 1.165) is 19.3 Å². The van der Waals surface area contributed by atoms with Crippen molar-refractivity contribution in [3.05, 3.63) is 28.0 Å². The van der Waals surface area contributed by atoms with Crippen LogP contribution in [0.25, 0.3) is 11.1 Å². The first-order chi connectivity index (χ1) is 11.2. The monoisotopic (exact) mass is 319 g/mol. The maximum absolute atomic E-state index is 12.3. The average molecular weight is 319 g/mol. The number of hydrogen-bond acceptors (Lipinski definition) is 5. The van der Waals surface area contributed by atoms with Crippen molar-refractivity contribution < 1.29 is 13.9 Å². The lowest BCUT2D eigenvalue weighted by Crippen LogP contribution is -2.27. The van der Waals surface area contributed by atoms with Crippen LogP contribution < -0.4 is 10.9 Å². The molecule has 0 bridgehead atoms. The second-order valence-corrected chi connectivity index (χ2v) is 5.83. The van der Waals surface area contributed by atoms with E-state index >= 15 is 0 Å². The van der Waals surface area contributed by atoms with Crippen LogP contribution in [0.1, 0.15) is 48.2 Å². The van der Waals surface area contributed by atoms with E-state index in [1.165, 1.54) is 19.2 Å². The van der Waals surface area contributed by atoms with Gasteiger partial charge in [-0.3, -0.25) is 9.59 Å². The normalized spacial score (nSPS) is 15.3. The van der Waals surface area contributed by atoms with Crippen molar-refractivity contribution in [3.8, 4) is 0 Å². The molecule has 0 spiro atoms. The molecule has 1 aliphatic carbocycles. The Morgan fingerprint density at radius 2 is 2.26 bits per heavy atom. The molecule has 0 atom stereocenters. The third-order valence-corrected chi connectivity index (χ3v) is 4.16. The van der Waals surface area contributed by atoms with Crippen LogP contribution in [0, 0.1) is 6.92 Å². The standard InChI is InChI=1S/C16H21N3O4/c1-10-12(13-15(21)18-9-19-16(13)23-10)14(20)17-7-4-8-22-11-5-2-3-6-11/h9,11H,2-8H2,1H3,(H,17,20)(H,18,19,21). The summed E-state index contributed by atoms with van der Waals surface area (Å²) < 4.78 is 11.1. The molecule has 1 amide bonds. The zero-order valence-electron chi connectivity index (χ0n) is 13.2. The molecule has 7 nitrogen and oxygen atoms in total. The first-order valence-electron chi connectivity index (χ1n) is 8.03. The predicted octanol–water partition coefficient (Wildman–Crippen LogP) is 1.90. The molecule has 2 heterocycles. The number of amides is 1. The Morgan fingerprint density at radius 1 is 1.48 bits per heavy atom. The molecule has 0 saturated heterocycles. The number of nitrogens with one attached hydrogen (secondary N) is 2. The maximum Gasteiger partial charge on any atom is 0.262 e. The minimum Gasteiger partial charge on any atom is -0.442 e. The smallest absolute Gasteiger partial charge is 0.262 e. The zero-order chi connectivity index (χ0) is 16.2. The Labute approximate surface area is 133 Å². The molecule has 1 fully saturated rings. The minimum atomic E-state index is -0.374. The van der Waals surface area contributed by atoms with E-state index in [1.54, 1.807) is 6.92 Å². The van der Waals surface area contributed by atoms with Crippen molar-refractivity contribution in [1.82, 2.24) is 15.3 Å². The number of ether oxygens (including phenoxy) is 1. The SMILES string of the molecule is Cc1oc2nc[nH]c(=O)c2c1C(=O)NCCCOC1CCCC1. The molecule has 0 radical (unpaired) electrons. The average Bonchev–Trinajstić information content (AvgIpc) is 3.14. The van der Waals surface area contributed by atoms with Crippen molar-refractivity contribution in [2.24, 2.45) is 0 Å². The van der Waals surface area contributed by atoms with Gasteiger partial charge in [0.2, 0.25) is 5.71 Å². The van der Waals surface area contributed by atoms with Crippen molar-refractivity contribution in [3.63, 3.8) is 0 Å². The lowest BCUT2D eigenvalue weighted by atomic mass is 10.2. The van der Waals surface area contributed by atoms with Gasteiger partial charge in [0.25, 0.3) is 11.5 Å². The van der Waals surface area contributed by atoms with E-state index in [4.69, 9.17) is 9.15 Å². The molecule has 7 heteroatoms. The van der Waals surface area contributed by atoms with Gasteiger partial charge < -0.3 is 19.5 Å². The van der Waals surface area contributed by atoms with Gasteiger partial charge in [-0.15, -0.1) is 0 Å². The van der Waals surface area contributed by atoms with Crippen LogP contribution in [0.15, 0.2) is 15.5 Å². The summed E-state index contributed by atoms with van der Waals surface area (Å²) in [5.41, 5.74) is 0.0635. The van der Waals surface area contributed by atoms with E-state index in [-0.39, 0.29) is 28.1 Å². The van der Waals surface area contributed by atoms with E-state index in [9.17, 15) is 9.59 Å². The van der Waals surface area contributed by atoms with Gasteiger partial charge in [0.05, 0.1) is 18.0 Å². The lowest BCUT2D eigenvalue weighted by molar-refractivity contribution is 0.0565. The van der Waals surface area contributed by atoms with E-state index in [2.05, 4.69) is 15.3 Å². The molecular formula is C16H21N3O4. The van der Waals surface area contributed by atoms with Gasteiger partial charge in [-0.05, 0) is 26.2 Å². The number of aryl methyl sites for hydroxylation is 1. The van der Waals surface area contributed by atoms with Crippen molar-refractivity contribution >= 4 is 17.0 Å². The van der Waals surface area contributed by atoms with Gasteiger partial charge in [0.1, 0.15) is 11.1 Å². The highest BCUT2D eigenvalue weighted by atomic mass is 16.5. The summed E-state index contributed by atoms with van der Waals surface area (Å²) in [7, 11) is 0. The first-order valence-corrected chi connectivity index (χ1v) is 8.03. The van der Waals surface area contributed by atoms with Crippen LogP contribution >= 0.6 is 0 Å². The van der Waals surface area contributed by atoms with Crippen LogP contribution in [0.4, 0.5) is 0 Å². The predicted molar refractivity (Wildman–Crippen MR) is 84.5 cm³/mol. The molecule has 0 aromatic carbocycles. The largest absolute Gasteiger partial charge is 0.442 e. The van der Waals surface area contributed by atoms with Gasteiger partial charge in [0, 0.05) is 13.2 Å². The second kappa shape index (κ2) is 6.95. The van der Waals surface area contributed by atoms with Crippen LogP contribution in [0.3, 0.4) is 0 Å². The van der Waals surface area contributed by atoms with Crippen LogP contribution in [0.2, 0.25) is 0 Å². The van der Waals surface area contributed by atoms with Gasteiger partial charge >= 0.3 is 0 Å². The fourth-order valence-electron chi connectivity index (χ4n) is 2.99. The van der Waals surface area contributed by atoms with Crippen LogP contribution in [-0.4, -0.2) is 35.1 Å². The van der Waals surface area contributed by atoms with Gasteiger partial charge in [0.15, 0.2) is 0 Å². The Balaban J connectivity index is 1.56. The quantitative estimate of drug-likeness (QED) is 0.793. The molecule has 124 valence electrons. The Hall–Kier alpha value is -2.15. The molecule has 2 aromatic rings. The summed E-state index contributed by atoms with van der Waals surface area (Å²) in [5, 5.41) is 3.01. The summed E-state index contributed by atoms with van der Waals surface area (Å²) in [6.07, 6.45) is 7.16. The summed E-state index contributed by atoms with van der Waals surface area (Å²) in [4.78, 5) is 30.6. The fraction of sp³-hybridized carbons (Fsp3) is 0.562. The lowest BCUT2D eigenvalue weighted by Gasteiger charge is -2.11. The third kappa shape index (κ3) is 3.44. The third-order valence-electron chi connectivity index (χ3n) is 4.16. The van der Waals surface area contributed by atoms with E-state index in [1.807, 2.05) is 0 Å². The molecule has 2 N–H and O–H groups in total. The number of fused-ring (bicyclic) bond motifs is 1. The molecule has 0 aliphatic heterocycles. The number of carbonyl (C=O) groups is 1. The van der Waals surface area contributed by atoms with Gasteiger partial charge in [-0.2, -0.15) is 0 Å². The topological polar surface area (TPSA) is 97.2 Å². The van der Waals surface area contributed by atoms with Crippen LogP contribution in [-0.2, 0) is 4.74 Å².